The van der Waals surface area contributed by atoms with E-state index in [0.29, 0.717) is 17.4 Å². The molecule has 5 nitrogen and oxygen atoms in total. The fraction of sp³-hybridized carbons (Fsp3) is 0.214. The number of halogens is 1. The maximum atomic E-state index is 5.56. The monoisotopic (exact) mass is 397 g/mol. The molecule has 0 fully saturated rings. The Bertz CT molecular complexity index is 812. The first kappa shape index (κ1) is 15.5. The molecule has 0 saturated heterocycles. The Kier molecular flexibility index (Phi) is 4.82. The third kappa shape index (κ3) is 3.70. The Labute approximate surface area is 145 Å². The lowest BCUT2D eigenvalue weighted by atomic mass is 10.3. The van der Waals surface area contributed by atoms with Crippen LogP contribution in [0.1, 0.15) is 4.88 Å². The molecule has 0 spiro atoms. The van der Waals surface area contributed by atoms with E-state index in [4.69, 9.17) is 16.6 Å². The smallest absolute Gasteiger partial charge is 0.292 e. The van der Waals surface area contributed by atoms with Crippen molar-refractivity contribution in [3.8, 4) is 11.5 Å². The van der Waals surface area contributed by atoms with Crippen LogP contribution in [-0.2, 0) is 13.2 Å². The number of quaternary nitrogens is 1. The molecule has 114 valence electrons. The Morgan fingerprint density at radius 2 is 2.27 bits per heavy atom. The predicted molar refractivity (Wildman–Crippen MR) is 91.2 cm³/mol. The lowest BCUT2D eigenvalue weighted by Crippen LogP contribution is -3.06. The number of hydrogen-bond donors (Lipinski definition) is 1. The zero-order valence-electron chi connectivity index (χ0n) is 11.8. The normalized spacial score (nSPS) is 12.5. The number of nitrogens with one attached hydrogen (secondary N) is 1. The van der Waals surface area contributed by atoms with Crippen molar-refractivity contribution in [1.82, 2.24) is 14.8 Å². The SMILES string of the molecule is C[NH+](Cc1ccc(Br)s1)Cn1nc(-c2cccnc2)oc1=S. The highest BCUT2D eigenvalue weighted by atomic mass is 79.9. The molecule has 0 bridgehead atoms. The van der Waals surface area contributed by atoms with Crippen LogP contribution >= 0.6 is 39.5 Å². The van der Waals surface area contributed by atoms with Gasteiger partial charge in [-0.05, 0) is 52.4 Å². The minimum atomic E-state index is 0.380. The average Bonchev–Trinajstić information content (AvgIpc) is 3.07. The van der Waals surface area contributed by atoms with Crippen molar-refractivity contribution < 1.29 is 9.32 Å². The Morgan fingerprint density at radius 3 is 2.95 bits per heavy atom. The van der Waals surface area contributed by atoms with E-state index in [1.165, 1.54) is 9.78 Å². The highest BCUT2D eigenvalue weighted by Gasteiger charge is 2.12. The van der Waals surface area contributed by atoms with E-state index in [9.17, 15) is 0 Å². The van der Waals surface area contributed by atoms with Crippen LogP contribution in [0, 0.1) is 4.84 Å². The van der Waals surface area contributed by atoms with E-state index in [1.807, 2.05) is 12.1 Å². The standard InChI is InChI=1S/C14H13BrN4OS2/c1-18(8-11-4-5-12(15)22-11)9-19-14(21)20-13(17-19)10-3-2-6-16-7-10/h2-7H,8-9H2,1H3/p+1. The van der Waals surface area contributed by atoms with Crippen LogP contribution < -0.4 is 4.90 Å². The van der Waals surface area contributed by atoms with Gasteiger partial charge in [0.15, 0.2) is 6.67 Å². The van der Waals surface area contributed by atoms with Crippen molar-refractivity contribution in [2.45, 2.75) is 13.2 Å². The lowest BCUT2D eigenvalue weighted by Gasteiger charge is -2.11. The maximum Gasteiger partial charge on any atom is 0.292 e. The highest BCUT2D eigenvalue weighted by Crippen LogP contribution is 2.21. The number of hydrogen-bond acceptors (Lipinski definition) is 5. The van der Waals surface area contributed by atoms with Gasteiger partial charge < -0.3 is 9.32 Å². The summed E-state index contributed by atoms with van der Waals surface area (Å²) in [7, 11) is 2.10. The van der Waals surface area contributed by atoms with Crippen molar-refractivity contribution in [3.05, 3.63) is 50.2 Å². The summed E-state index contributed by atoms with van der Waals surface area (Å²) in [4.78, 5) is 7.03. The summed E-state index contributed by atoms with van der Waals surface area (Å²) in [6.45, 7) is 1.56. The molecule has 1 atom stereocenters. The molecule has 0 saturated carbocycles. The van der Waals surface area contributed by atoms with Crippen molar-refractivity contribution in [2.24, 2.45) is 0 Å². The quantitative estimate of drug-likeness (QED) is 0.672. The number of nitrogens with zero attached hydrogens (tertiary/aromatic N) is 3. The molecule has 3 aromatic rings. The zero-order chi connectivity index (χ0) is 15.5. The minimum absolute atomic E-state index is 0.380. The molecule has 0 aliphatic carbocycles. The summed E-state index contributed by atoms with van der Waals surface area (Å²) in [5, 5.41) is 4.45. The van der Waals surface area contributed by atoms with Gasteiger partial charge in [0.1, 0.15) is 6.54 Å². The van der Waals surface area contributed by atoms with Crippen LogP contribution in [0.25, 0.3) is 11.5 Å². The van der Waals surface area contributed by atoms with Crippen LogP contribution in [0.2, 0.25) is 0 Å². The van der Waals surface area contributed by atoms with Crippen molar-refractivity contribution in [2.75, 3.05) is 7.05 Å². The van der Waals surface area contributed by atoms with Crippen LogP contribution in [0.15, 0.2) is 44.9 Å². The summed E-state index contributed by atoms with van der Waals surface area (Å²) in [6, 6.07) is 7.94. The van der Waals surface area contributed by atoms with Crippen LogP contribution in [0.4, 0.5) is 0 Å². The van der Waals surface area contributed by atoms with E-state index in [1.54, 1.807) is 28.4 Å². The molecular formula is C14H14BrN4OS2+. The number of pyridine rings is 1. The molecule has 0 radical (unpaired) electrons. The van der Waals surface area contributed by atoms with Gasteiger partial charge >= 0.3 is 0 Å². The fourth-order valence-corrected chi connectivity index (χ4v) is 3.85. The van der Waals surface area contributed by atoms with E-state index < -0.39 is 0 Å². The van der Waals surface area contributed by atoms with Crippen LogP contribution in [-0.4, -0.2) is 21.8 Å². The predicted octanol–water partition coefficient (Wildman–Crippen LogP) is 2.76. The average molecular weight is 398 g/mol. The van der Waals surface area contributed by atoms with Gasteiger partial charge in [-0.2, -0.15) is 4.68 Å². The summed E-state index contributed by atoms with van der Waals surface area (Å²) in [5.74, 6) is 0.504. The lowest BCUT2D eigenvalue weighted by molar-refractivity contribution is -0.917. The second-order valence-corrected chi connectivity index (χ2v) is 7.81. The Balaban J connectivity index is 1.73. The Hall–Kier alpha value is -1.35. The highest BCUT2D eigenvalue weighted by molar-refractivity contribution is 9.11. The molecule has 22 heavy (non-hydrogen) atoms. The minimum Gasteiger partial charge on any atom is -0.409 e. The third-order valence-electron chi connectivity index (χ3n) is 3.04. The van der Waals surface area contributed by atoms with Crippen LogP contribution in [0.3, 0.4) is 0 Å². The van der Waals surface area contributed by atoms with Gasteiger partial charge in [0, 0.05) is 12.4 Å². The first-order valence-electron chi connectivity index (χ1n) is 6.65. The van der Waals surface area contributed by atoms with Crippen molar-refractivity contribution in [3.63, 3.8) is 0 Å². The largest absolute Gasteiger partial charge is 0.409 e. The number of aromatic nitrogens is 3. The zero-order valence-corrected chi connectivity index (χ0v) is 15.0. The van der Waals surface area contributed by atoms with Gasteiger partial charge in [0.2, 0.25) is 5.89 Å². The van der Waals surface area contributed by atoms with Gasteiger partial charge in [0.25, 0.3) is 4.84 Å². The molecule has 8 heteroatoms. The van der Waals surface area contributed by atoms with Crippen LogP contribution in [0.5, 0.6) is 0 Å². The van der Waals surface area contributed by atoms with E-state index in [0.717, 1.165) is 15.9 Å². The fourth-order valence-electron chi connectivity index (χ4n) is 2.07. The molecule has 1 unspecified atom stereocenters. The molecule has 0 amide bonds. The van der Waals surface area contributed by atoms with E-state index in [-0.39, 0.29) is 0 Å². The molecule has 0 aliphatic heterocycles. The second kappa shape index (κ2) is 6.82. The molecule has 1 N–H and O–H groups in total. The number of thiophene rings is 1. The van der Waals surface area contributed by atoms with Crippen molar-refractivity contribution in [1.29, 1.82) is 0 Å². The first-order chi connectivity index (χ1) is 10.6. The molecule has 0 aromatic carbocycles. The molecule has 3 rings (SSSR count). The maximum absolute atomic E-state index is 5.56. The summed E-state index contributed by atoms with van der Waals surface area (Å²) in [5.41, 5.74) is 0.826. The summed E-state index contributed by atoms with van der Waals surface area (Å²) >= 11 is 10.5. The first-order valence-corrected chi connectivity index (χ1v) is 8.67. The molecule has 3 aromatic heterocycles. The topological polar surface area (TPSA) is 48.3 Å². The second-order valence-electron chi connectivity index (χ2n) is 4.91. The number of rotatable bonds is 5. The van der Waals surface area contributed by atoms with Gasteiger partial charge in [-0.25, -0.2) is 0 Å². The third-order valence-corrected chi connectivity index (χ3v) is 4.96. The van der Waals surface area contributed by atoms with Gasteiger partial charge in [0.05, 0.1) is 21.3 Å². The van der Waals surface area contributed by atoms with Gasteiger partial charge in [-0.15, -0.1) is 16.4 Å². The molecule has 0 aliphatic rings. The van der Waals surface area contributed by atoms with E-state index in [2.05, 4.69) is 45.2 Å². The summed E-state index contributed by atoms with van der Waals surface area (Å²) in [6.07, 6.45) is 3.43. The van der Waals surface area contributed by atoms with Gasteiger partial charge in [-0.3, -0.25) is 4.98 Å². The summed E-state index contributed by atoms with van der Waals surface area (Å²) < 4.78 is 8.43. The molecular weight excluding hydrogens is 384 g/mol. The van der Waals surface area contributed by atoms with Gasteiger partial charge in [-0.1, -0.05) is 0 Å². The molecule has 3 heterocycles. The Morgan fingerprint density at radius 1 is 1.41 bits per heavy atom. The van der Waals surface area contributed by atoms with E-state index >= 15 is 0 Å². The van der Waals surface area contributed by atoms with Crippen molar-refractivity contribution >= 4 is 39.5 Å².